The Morgan fingerprint density at radius 1 is 1.23 bits per heavy atom. The summed E-state index contributed by atoms with van der Waals surface area (Å²) < 4.78 is 11.0. The monoisotopic (exact) mass is 429 g/mol. The van der Waals surface area contributed by atoms with Crippen molar-refractivity contribution in [2.24, 2.45) is 0 Å². The molecule has 0 radical (unpaired) electrons. The lowest BCUT2D eigenvalue weighted by atomic mass is 9.82. The number of H-pyrrole nitrogens is 1. The van der Waals surface area contributed by atoms with Crippen LogP contribution in [0.15, 0.2) is 45.5 Å². The van der Waals surface area contributed by atoms with Gasteiger partial charge in [-0.2, -0.15) is 0 Å². The number of thioether (sulfide) groups is 1. The molecule has 160 valence electrons. The molecule has 3 rings (SSSR count). The van der Waals surface area contributed by atoms with Gasteiger partial charge in [0.1, 0.15) is 11.6 Å². The lowest BCUT2D eigenvalue weighted by Gasteiger charge is -2.29. The number of carbonyl (C=O) groups is 1. The average Bonchev–Trinajstić information content (AvgIpc) is 2.67. The van der Waals surface area contributed by atoms with Crippen LogP contribution in [-0.2, 0) is 9.53 Å². The van der Waals surface area contributed by atoms with Gasteiger partial charge in [-0.25, -0.2) is 9.78 Å². The van der Waals surface area contributed by atoms with E-state index in [9.17, 15) is 9.59 Å². The van der Waals surface area contributed by atoms with Gasteiger partial charge in [0.25, 0.3) is 5.56 Å². The topological polar surface area (TPSA) is 93.3 Å². The number of aromatic amines is 1. The van der Waals surface area contributed by atoms with E-state index in [4.69, 9.17) is 9.47 Å². The van der Waals surface area contributed by atoms with Crippen molar-refractivity contribution in [3.8, 4) is 5.75 Å². The van der Waals surface area contributed by atoms with E-state index in [0.29, 0.717) is 34.4 Å². The molecule has 0 saturated carbocycles. The van der Waals surface area contributed by atoms with Crippen molar-refractivity contribution in [1.29, 1.82) is 0 Å². The predicted octanol–water partition coefficient (Wildman–Crippen LogP) is 4.06. The predicted molar refractivity (Wildman–Crippen MR) is 118 cm³/mol. The first kappa shape index (κ1) is 22.0. The SMILES string of the molecule is CCOc1ccc(C2C(C(=O)OC(C)C)=C(C)Nc3nc(SCC)[nH]c(=O)c32)cc1. The Balaban J connectivity index is 2.17. The molecule has 0 fully saturated rings. The molecule has 7 nitrogen and oxygen atoms in total. The Morgan fingerprint density at radius 3 is 2.53 bits per heavy atom. The minimum Gasteiger partial charge on any atom is -0.494 e. The molecule has 8 heteroatoms. The maximum atomic E-state index is 13.1. The highest BCUT2D eigenvalue weighted by Crippen LogP contribution is 2.40. The number of benzene rings is 1. The second-order valence-corrected chi connectivity index (χ2v) is 8.37. The Kier molecular flexibility index (Phi) is 6.87. The summed E-state index contributed by atoms with van der Waals surface area (Å²) in [5, 5.41) is 3.69. The Labute approximate surface area is 180 Å². The van der Waals surface area contributed by atoms with Gasteiger partial charge in [0.2, 0.25) is 0 Å². The van der Waals surface area contributed by atoms with Crippen LogP contribution in [0.5, 0.6) is 5.75 Å². The molecule has 1 aromatic heterocycles. The zero-order valence-electron chi connectivity index (χ0n) is 17.9. The van der Waals surface area contributed by atoms with Crippen LogP contribution in [0, 0.1) is 0 Å². The van der Waals surface area contributed by atoms with Crippen LogP contribution in [0.25, 0.3) is 0 Å². The molecule has 0 saturated heterocycles. The molecule has 30 heavy (non-hydrogen) atoms. The average molecular weight is 430 g/mol. The van der Waals surface area contributed by atoms with Crippen LogP contribution >= 0.6 is 11.8 Å². The molecule has 0 aliphatic carbocycles. The molecular weight excluding hydrogens is 402 g/mol. The smallest absolute Gasteiger partial charge is 0.337 e. The van der Waals surface area contributed by atoms with Gasteiger partial charge in [-0.15, -0.1) is 0 Å². The Hall–Kier alpha value is -2.74. The molecule has 0 spiro atoms. The van der Waals surface area contributed by atoms with Crippen LogP contribution < -0.4 is 15.6 Å². The van der Waals surface area contributed by atoms with Crippen molar-refractivity contribution in [2.45, 2.75) is 51.8 Å². The largest absolute Gasteiger partial charge is 0.494 e. The van der Waals surface area contributed by atoms with Gasteiger partial charge in [-0.3, -0.25) is 4.79 Å². The Morgan fingerprint density at radius 2 is 1.93 bits per heavy atom. The number of ether oxygens (including phenoxy) is 2. The number of rotatable bonds is 7. The fraction of sp³-hybridized carbons (Fsp3) is 0.409. The number of nitrogens with one attached hydrogen (secondary N) is 2. The normalized spacial score (nSPS) is 15.6. The van der Waals surface area contributed by atoms with Gasteiger partial charge in [0.15, 0.2) is 5.16 Å². The summed E-state index contributed by atoms with van der Waals surface area (Å²) in [6, 6.07) is 7.41. The van der Waals surface area contributed by atoms with Crippen LogP contribution in [-0.4, -0.2) is 34.4 Å². The van der Waals surface area contributed by atoms with Crippen molar-refractivity contribution in [1.82, 2.24) is 9.97 Å². The number of carbonyl (C=O) groups excluding carboxylic acids is 1. The van der Waals surface area contributed by atoms with E-state index in [-0.39, 0.29) is 11.7 Å². The van der Waals surface area contributed by atoms with Crippen LogP contribution in [0.2, 0.25) is 0 Å². The first-order valence-electron chi connectivity index (χ1n) is 10.0. The standard InChI is InChI=1S/C22H27N3O4S/c1-6-28-15-10-8-14(9-11-15)17-16(21(27)29-12(3)4)13(5)23-19-18(17)20(26)25-22(24-19)30-7-2/h8-12,17H,6-7H2,1-5H3,(H2,23,24,25,26). The third kappa shape index (κ3) is 4.53. The van der Waals surface area contributed by atoms with Gasteiger partial charge < -0.3 is 19.8 Å². The maximum Gasteiger partial charge on any atom is 0.337 e. The van der Waals surface area contributed by atoms with E-state index < -0.39 is 11.9 Å². The van der Waals surface area contributed by atoms with Crippen molar-refractivity contribution in [2.75, 3.05) is 17.7 Å². The summed E-state index contributed by atoms with van der Waals surface area (Å²) in [5.74, 6) is 0.924. The first-order valence-corrected chi connectivity index (χ1v) is 11.0. The second kappa shape index (κ2) is 9.38. The lowest BCUT2D eigenvalue weighted by molar-refractivity contribution is -0.143. The van der Waals surface area contributed by atoms with Gasteiger partial charge >= 0.3 is 5.97 Å². The highest BCUT2D eigenvalue weighted by Gasteiger charge is 2.36. The minimum absolute atomic E-state index is 0.273. The molecule has 1 aromatic carbocycles. The number of esters is 1. The van der Waals surface area contributed by atoms with E-state index in [2.05, 4.69) is 15.3 Å². The highest BCUT2D eigenvalue weighted by molar-refractivity contribution is 7.99. The number of hydrogen-bond acceptors (Lipinski definition) is 7. The van der Waals surface area contributed by atoms with Crippen LogP contribution in [0.3, 0.4) is 0 Å². The van der Waals surface area contributed by atoms with Crippen molar-refractivity contribution in [3.63, 3.8) is 0 Å². The van der Waals surface area contributed by atoms with Gasteiger partial charge in [-0.05, 0) is 51.1 Å². The zero-order chi connectivity index (χ0) is 21.8. The summed E-state index contributed by atoms with van der Waals surface area (Å²) >= 11 is 1.45. The number of hydrogen-bond donors (Lipinski definition) is 2. The van der Waals surface area contributed by atoms with Crippen LogP contribution in [0.4, 0.5) is 5.82 Å². The fourth-order valence-corrected chi connectivity index (χ4v) is 4.03. The molecule has 1 aliphatic rings. The van der Waals surface area contributed by atoms with Gasteiger partial charge in [-0.1, -0.05) is 30.8 Å². The fourth-order valence-electron chi connectivity index (χ4n) is 3.44. The minimum atomic E-state index is -0.597. The summed E-state index contributed by atoms with van der Waals surface area (Å²) in [6.07, 6.45) is -0.278. The molecule has 2 N–H and O–H groups in total. The maximum absolute atomic E-state index is 13.1. The van der Waals surface area contributed by atoms with E-state index in [1.807, 2.05) is 38.1 Å². The summed E-state index contributed by atoms with van der Waals surface area (Å²) in [6.45, 7) is 9.86. The number of fused-ring (bicyclic) bond motifs is 1. The molecule has 1 unspecified atom stereocenters. The quantitative estimate of drug-likeness (QED) is 0.389. The lowest BCUT2D eigenvalue weighted by Crippen LogP contribution is -2.31. The molecule has 0 bridgehead atoms. The first-order chi connectivity index (χ1) is 14.3. The molecule has 2 aromatic rings. The van der Waals surface area contributed by atoms with Crippen molar-refractivity contribution >= 4 is 23.5 Å². The van der Waals surface area contributed by atoms with E-state index in [1.54, 1.807) is 20.8 Å². The number of anilines is 1. The molecule has 0 amide bonds. The summed E-state index contributed by atoms with van der Waals surface area (Å²) in [4.78, 5) is 33.5. The van der Waals surface area contributed by atoms with Crippen molar-refractivity contribution < 1.29 is 14.3 Å². The third-order valence-corrected chi connectivity index (χ3v) is 5.34. The zero-order valence-corrected chi connectivity index (χ0v) is 18.7. The molecule has 1 aliphatic heterocycles. The van der Waals surface area contributed by atoms with Crippen LogP contribution in [0.1, 0.15) is 51.7 Å². The molecular formula is C22H27N3O4S. The number of nitrogens with zero attached hydrogens (tertiary/aromatic N) is 1. The third-order valence-electron chi connectivity index (χ3n) is 4.59. The number of aromatic nitrogens is 2. The van der Waals surface area contributed by atoms with E-state index in [1.165, 1.54) is 11.8 Å². The Bertz CT molecular complexity index is 1010. The highest BCUT2D eigenvalue weighted by atomic mass is 32.2. The number of allylic oxidation sites excluding steroid dienone is 1. The molecule has 2 heterocycles. The van der Waals surface area contributed by atoms with Crippen molar-refractivity contribution in [3.05, 3.63) is 57.0 Å². The molecule has 1 atom stereocenters. The van der Waals surface area contributed by atoms with E-state index in [0.717, 1.165) is 17.1 Å². The van der Waals surface area contributed by atoms with E-state index >= 15 is 0 Å². The summed E-state index contributed by atoms with van der Waals surface area (Å²) in [7, 11) is 0. The van der Waals surface area contributed by atoms with Gasteiger partial charge in [0.05, 0.1) is 29.8 Å². The summed E-state index contributed by atoms with van der Waals surface area (Å²) in [5.41, 5.74) is 1.95. The van der Waals surface area contributed by atoms with Gasteiger partial charge in [0, 0.05) is 5.70 Å². The second-order valence-electron chi connectivity index (χ2n) is 7.12.